The molecule has 0 aromatic heterocycles. The zero-order chi connectivity index (χ0) is 42.3. The van der Waals surface area contributed by atoms with E-state index in [4.69, 9.17) is 14.2 Å². The summed E-state index contributed by atoms with van der Waals surface area (Å²) in [5, 5.41) is 0. The number of allylic oxidation sites excluding steroid dienone is 8. The van der Waals surface area contributed by atoms with Gasteiger partial charge in [0.15, 0.2) is 6.10 Å². The van der Waals surface area contributed by atoms with Crippen LogP contribution in [-0.4, -0.2) is 37.2 Å². The third-order valence-electron chi connectivity index (χ3n) is 10.5. The first kappa shape index (κ1) is 55.4. The number of esters is 3. The van der Waals surface area contributed by atoms with E-state index in [1.807, 2.05) is 0 Å². The Morgan fingerprint density at radius 3 is 1.02 bits per heavy atom. The molecule has 0 aliphatic rings. The van der Waals surface area contributed by atoms with E-state index < -0.39 is 6.10 Å². The zero-order valence-electron chi connectivity index (χ0n) is 38.3. The van der Waals surface area contributed by atoms with Crippen LogP contribution in [0.3, 0.4) is 0 Å². The summed E-state index contributed by atoms with van der Waals surface area (Å²) in [6.45, 7) is 6.54. The van der Waals surface area contributed by atoms with Gasteiger partial charge in [0.05, 0.1) is 0 Å². The van der Waals surface area contributed by atoms with E-state index in [0.29, 0.717) is 19.3 Å². The average molecular weight is 813 g/mol. The van der Waals surface area contributed by atoms with Gasteiger partial charge in [-0.25, -0.2) is 0 Å². The van der Waals surface area contributed by atoms with E-state index >= 15 is 0 Å². The molecule has 0 radical (unpaired) electrons. The van der Waals surface area contributed by atoms with Crippen molar-refractivity contribution >= 4 is 17.9 Å². The molecule has 0 aromatic rings. The Bertz CT molecular complexity index is 1030. The van der Waals surface area contributed by atoms with Gasteiger partial charge in [0, 0.05) is 19.3 Å². The first-order valence-corrected chi connectivity index (χ1v) is 24.6. The highest BCUT2D eigenvalue weighted by Crippen LogP contribution is 2.13. The van der Waals surface area contributed by atoms with Crippen molar-refractivity contribution in [2.75, 3.05) is 13.2 Å². The molecule has 1 unspecified atom stereocenters. The lowest BCUT2D eigenvalue weighted by molar-refractivity contribution is -0.167. The molecule has 0 amide bonds. The molecule has 0 fully saturated rings. The van der Waals surface area contributed by atoms with Crippen molar-refractivity contribution in [3.8, 4) is 0 Å². The standard InChI is InChI=1S/C52H92O6/c1-4-7-10-13-16-19-22-25-28-30-33-36-39-42-45-51(54)57-48-49(58-52(55)46-43-40-37-34-31-27-24-21-18-15-12-9-6-3)47-56-50(53)44-41-38-35-32-29-26-23-20-17-14-11-8-5-2/h13,16,20-25,49H,4-12,14-15,17-19,26-48H2,1-3H3/b16-13-,23-20-,24-21-,25-22-. The predicted octanol–water partition coefficient (Wildman–Crippen LogP) is 15.9. The Morgan fingerprint density at radius 1 is 0.345 bits per heavy atom. The summed E-state index contributed by atoms with van der Waals surface area (Å²) in [5.74, 6) is -0.914. The molecule has 0 spiro atoms. The predicted molar refractivity (Wildman–Crippen MR) is 247 cm³/mol. The number of hydrogen-bond acceptors (Lipinski definition) is 6. The van der Waals surface area contributed by atoms with Gasteiger partial charge in [-0.2, -0.15) is 0 Å². The molecule has 0 N–H and O–H groups in total. The fraction of sp³-hybridized carbons (Fsp3) is 0.788. The van der Waals surface area contributed by atoms with Gasteiger partial charge >= 0.3 is 17.9 Å². The minimum absolute atomic E-state index is 0.0850. The lowest BCUT2D eigenvalue weighted by Crippen LogP contribution is -2.30. The van der Waals surface area contributed by atoms with Gasteiger partial charge in [-0.3, -0.25) is 14.4 Å². The van der Waals surface area contributed by atoms with Crippen LogP contribution in [0.4, 0.5) is 0 Å². The highest BCUT2D eigenvalue weighted by atomic mass is 16.6. The molecule has 336 valence electrons. The molecule has 6 heteroatoms. The number of rotatable bonds is 44. The fourth-order valence-electron chi connectivity index (χ4n) is 6.74. The van der Waals surface area contributed by atoms with Gasteiger partial charge in [0.25, 0.3) is 0 Å². The number of ether oxygens (including phenoxy) is 3. The van der Waals surface area contributed by atoms with Crippen LogP contribution in [0.2, 0.25) is 0 Å². The number of carbonyl (C=O) groups is 3. The van der Waals surface area contributed by atoms with Crippen LogP contribution in [-0.2, 0) is 28.6 Å². The third-order valence-corrected chi connectivity index (χ3v) is 10.5. The molecule has 0 saturated heterocycles. The van der Waals surface area contributed by atoms with E-state index in [9.17, 15) is 14.4 Å². The van der Waals surface area contributed by atoms with Crippen molar-refractivity contribution in [1.29, 1.82) is 0 Å². The Balaban J connectivity index is 4.42. The average Bonchev–Trinajstić information content (AvgIpc) is 3.22. The van der Waals surface area contributed by atoms with Crippen LogP contribution in [0.15, 0.2) is 48.6 Å². The molecule has 0 bridgehead atoms. The first-order chi connectivity index (χ1) is 28.5. The Kier molecular flexibility index (Phi) is 44.9. The number of unbranched alkanes of at least 4 members (excludes halogenated alkanes) is 25. The largest absolute Gasteiger partial charge is 0.462 e. The third kappa shape index (κ3) is 44.5. The highest BCUT2D eigenvalue weighted by molar-refractivity contribution is 5.71. The summed E-state index contributed by atoms with van der Waals surface area (Å²) in [7, 11) is 0. The Labute approximate surface area is 358 Å². The van der Waals surface area contributed by atoms with Gasteiger partial charge in [-0.05, 0) is 96.3 Å². The number of hydrogen-bond donors (Lipinski definition) is 0. The maximum atomic E-state index is 12.7. The van der Waals surface area contributed by atoms with Crippen molar-refractivity contribution in [2.24, 2.45) is 0 Å². The van der Waals surface area contributed by atoms with E-state index in [1.165, 1.54) is 109 Å². The van der Waals surface area contributed by atoms with Gasteiger partial charge < -0.3 is 14.2 Å². The topological polar surface area (TPSA) is 78.9 Å². The van der Waals surface area contributed by atoms with Gasteiger partial charge in [0.1, 0.15) is 13.2 Å². The minimum atomic E-state index is -0.784. The summed E-state index contributed by atoms with van der Waals surface area (Å²) in [6, 6.07) is 0. The molecular formula is C52H92O6. The maximum Gasteiger partial charge on any atom is 0.306 e. The molecular weight excluding hydrogens is 721 g/mol. The summed E-state index contributed by atoms with van der Waals surface area (Å²) in [5.41, 5.74) is 0. The van der Waals surface area contributed by atoms with Crippen molar-refractivity contribution in [2.45, 2.75) is 252 Å². The van der Waals surface area contributed by atoms with E-state index in [1.54, 1.807) is 0 Å². The van der Waals surface area contributed by atoms with Crippen molar-refractivity contribution in [3.63, 3.8) is 0 Å². The van der Waals surface area contributed by atoms with Crippen LogP contribution < -0.4 is 0 Å². The molecule has 0 heterocycles. The summed E-state index contributed by atoms with van der Waals surface area (Å²) < 4.78 is 16.7. The highest BCUT2D eigenvalue weighted by Gasteiger charge is 2.19. The molecule has 0 aliphatic carbocycles. The van der Waals surface area contributed by atoms with Crippen LogP contribution in [0, 0.1) is 0 Å². The summed E-state index contributed by atoms with van der Waals surface area (Å²) in [4.78, 5) is 37.9. The quantitative estimate of drug-likeness (QED) is 0.0264. The molecule has 58 heavy (non-hydrogen) atoms. The normalized spacial score (nSPS) is 12.4. The second-order valence-corrected chi connectivity index (χ2v) is 16.4. The number of carbonyl (C=O) groups excluding carboxylic acids is 3. The van der Waals surface area contributed by atoms with Crippen molar-refractivity contribution in [1.82, 2.24) is 0 Å². The van der Waals surface area contributed by atoms with Crippen LogP contribution in [0.25, 0.3) is 0 Å². The lowest BCUT2D eigenvalue weighted by Gasteiger charge is -2.18. The summed E-state index contributed by atoms with van der Waals surface area (Å²) in [6.07, 6.45) is 55.1. The maximum absolute atomic E-state index is 12.7. The second-order valence-electron chi connectivity index (χ2n) is 16.4. The van der Waals surface area contributed by atoms with Crippen LogP contribution in [0.1, 0.15) is 245 Å². The van der Waals surface area contributed by atoms with Gasteiger partial charge in [-0.1, -0.05) is 179 Å². The van der Waals surface area contributed by atoms with Gasteiger partial charge in [0.2, 0.25) is 0 Å². The Hall–Kier alpha value is -2.63. The fourth-order valence-corrected chi connectivity index (χ4v) is 6.74. The van der Waals surface area contributed by atoms with Crippen molar-refractivity contribution in [3.05, 3.63) is 48.6 Å². The smallest absolute Gasteiger partial charge is 0.306 e. The molecule has 1 atom stereocenters. The second kappa shape index (κ2) is 47.1. The van der Waals surface area contributed by atoms with Crippen LogP contribution in [0.5, 0.6) is 0 Å². The van der Waals surface area contributed by atoms with Crippen molar-refractivity contribution < 1.29 is 28.6 Å². The molecule has 6 nitrogen and oxygen atoms in total. The van der Waals surface area contributed by atoms with E-state index in [-0.39, 0.29) is 31.1 Å². The van der Waals surface area contributed by atoms with Gasteiger partial charge in [-0.15, -0.1) is 0 Å². The van der Waals surface area contributed by atoms with E-state index in [2.05, 4.69) is 69.4 Å². The molecule has 0 rings (SSSR count). The monoisotopic (exact) mass is 813 g/mol. The molecule has 0 aliphatic heterocycles. The zero-order valence-corrected chi connectivity index (χ0v) is 38.3. The lowest BCUT2D eigenvalue weighted by atomic mass is 10.1. The van der Waals surface area contributed by atoms with Crippen LogP contribution >= 0.6 is 0 Å². The SMILES string of the molecule is CCCC/C=C\C/C=C\CCCCCCCC(=O)OCC(COC(=O)CCCCCCC/C=C\CCCCCC)OC(=O)CCCCCCC/C=C\CCCCCC. The van der Waals surface area contributed by atoms with E-state index in [0.717, 1.165) is 96.3 Å². The summed E-state index contributed by atoms with van der Waals surface area (Å²) >= 11 is 0. The molecule has 0 aromatic carbocycles. The molecule has 0 saturated carbocycles. The minimum Gasteiger partial charge on any atom is -0.462 e. The Morgan fingerprint density at radius 2 is 0.638 bits per heavy atom. The first-order valence-electron chi connectivity index (χ1n) is 24.6.